The number of hydrogen-bond acceptors (Lipinski definition) is 4. The molecule has 16 heavy (non-hydrogen) atoms. The molecule has 82 valence electrons. The topological polar surface area (TPSA) is 80.9 Å². The highest BCUT2D eigenvalue weighted by Gasteiger charge is 2.08. The van der Waals surface area contributed by atoms with Crippen LogP contribution in [0.3, 0.4) is 0 Å². The molecular weight excluding hydrogens is 208 g/mol. The largest absolute Gasteiger partial charge is 0.476 e. The summed E-state index contributed by atoms with van der Waals surface area (Å²) in [5, 5.41) is 8.68. The maximum absolute atomic E-state index is 10.6. The van der Waals surface area contributed by atoms with Crippen molar-refractivity contribution in [3.8, 4) is 5.82 Å². The van der Waals surface area contributed by atoms with Gasteiger partial charge < -0.3 is 5.11 Å². The summed E-state index contributed by atoms with van der Waals surface area (Å²) in [5.41, 5.74) is 1.79. The van der Waals surface area contributed by atoms with Crippen molar-refractivity contribution in [3.05, 3.63) is 35.8 Å². The molecule has 0 spiro atoms. The van der Waals surface area contributed by atoms with Crippen molar-refractivity contribution in [1.29, 1.82) is 0 Å². The van der Waals surface area contributed by atoms with Gasteiger partial charge in [-0.3, -0.25) is 4.57 Å². The molecule has 2 heterocycles. The van der Waals surface area contributed by atoms with E-state index in [9.17, 15) is 4.79 Å². The Labute approximate surface area is 91.6 Å². The van der Waals surface area contributed by atoms with Crippen LogP contribution in [0.5, 0.6) is 0 Å². The molecule has 0 aromatic carbocycles. The van der Waals surface area contributed by atoms with E-state index in [2.05, 4.69) is 15.0 Å². The lowest BCUT2D eigenvalue weighted by atomic mass is 10.4. The van der Waals surface area contributed by atoms with Crippen LogP contribution in [0, 0.1) is 13.8 Å². The second-order valence-electron chi connectivity index (χ2n) is 3.35. The van der Waals surface area contributed by atoms with Crippen LogP contribution >= 0.6 is 0 Å². The molecule has 0 aliphatic heterocycles. The van der Waals surface area contributed by atoms with E-state index in [0.717, 1.165) is 11.4 Å². The zero-order valence-corrected chi connectivity index (χ0v) is 8.88. The fraction of sp³-hybridized carbons (Fsp3) is 0.200. The molecule has 2 rings (SSSR count). The number of carboxylic acid groups (broad SMARTS) is 1. The predicted octanol–water partition coefficient (Wildman–Crippen LogP) is 0.977. The highest BCUT2D eigenvalue weighted by Crippen LogP contribution is 2.10. The van der Waals surface area contributed by atoms with E-state index >= 15 is 0 Å². The Morgan fingerprint density at radius 1 is 1.25 bits per heavy atom. The normalized spacial score (nSPS) is 10.4. The van der Waals surface area contributed by atoms with Crippen molar-refractivity contribution in [3.63, 3.8) is 0 Å². The van der Waals surface area contributed by atoms with Crippen molar-refractivity contribution in [2.24, 2.45) is 0 Å². The Kier molecular flexibility index (Phi) is 2.40. The van der Waals surface area contributed by atoms with Gasteiger partial charge in [-0.05, 0) is 13.8 Å². The molecule has 0 unspecified atom stereocenters. The van der Waals surface area contributed by atoms with Crippen molar-refractivity contribution in [2.75, 3.05) is 0 Å². The smallest absolute Gasteiger partial charge is 0.356 e. The third-order valence-electron chi connectivity index (χ3n) is 2.36. The molecule has 2 aromatic rings. The van der Waals surface area contributed by atoms with Gasteiger partial charge in [0.2, 0.25) is 0 Å². The molecule has 0 saturated carbocycles. The molecule has 0 radical (unpaired) electrons. The number of aromatic carboxylic acids is 1. The average molecular weight is 218 g/mol. The Bertz CT molecular complexity index is 530. The lowest BCUT2D eigenvalue weighted by molar-refractivity contribution is 0.0690. The van der Waals surface area contributed by atoms with Crippen LogP contribution in [0.1, 0.15) is 21.9 Å². The molecule has 2 aromatic heterocycles. The van der Waals surface area contributed by atoms with Gasteiger partial charge in [0.1, 0.15) is 6.33 Å². The number of nitrogens with zero attached hydrogens (tertiary/aromatic N) is 4. The number of carboxylic acids is 1. The molecular formula is C10H10N4O2. The maximum atomic E-state index is 10.6. The van der Waals surface area contributed by atoms with E-state index in [1.165, 1.54) is 12.4 Å². The first-order valence-corrected chi connectivity index (χ1v) is 4.66. The van der Waals surface area contributed by atoms with E-state index in [1.807, 2.05) is 13.8 Å². The Hall–Kier alpha value is -2.24. The lowest BCUT2D eigenvalue weighted by Gasteiger charge is -2.03. The van der Waals surface area contributed by atoms with Crippen LogP contribution in [-0.4, -0.2) is 30.6 Å². The standard InChI is InChI=1S/C10H10N4O2/c1-6-7(2)14(5-13-6)9-4-11-8(3-12-9)10(15)16/h3-5H,1-2H3,(H,15,16). The Morgan fingerprint density at radius 3 is 2.44 bits per heavy atom. The summed E-state index contributed by atoms with van der Waals surface area (Å²) in [5.74, 6) is -0.527. The predicted molar refractivity (Wildman–Crippen MR) is 55.6 cm³/mol. The number of imidazole rings is 1. The van der Waals surface area contributed by atoms with Crippen LogP contribution in [0.2, 0.25) is 0 Å². The third kappa shape index (κ3) is 1.65. The van der Waals surface area contributed by atoms with Gasteiger partial charge in [-0.1, -0.05) is 0 Å². The van der Waals surface area contributed by atoms with Gasteiger partial charge in [0.15, 0.2) is 11.5 Å². The summed E-state index contributed by atoms with van der Waals surface area (Å²) in [4.78, 5) is 22.5. The van der Waals surface area contributed by atoms with Gasteiger partial charge in [0, 0.05) is 5.69 Å². The molecule has 0 amide bonds. The minimum atomic E-state index is -1.09. The van der Waals surface area contributed by atoms with Gasteiger partial charge in [-0.2, -0.15) is 0 Å². The van der Waals surface area contributed by atoms with Crippen LogP contribution in [-0.2, 0) is 0 Å². The van der Waals surface area contributed by atoms with Crippen LogP contribution in [0.25, 0.3) is 5.82 Å². The van der Waals surface area contributed by atoms with Gasteiger partial charge in [0.25, 0.3) is 0 Å². The van der Waals surface area contributed by atoms with Gasteiger partial charge >= 0.3 is 5.97 Å². The van der Waals surface area contributed by atoms with Crippen molar-refractivity contribution in [2.45, 2.75) is 13.8 Å². The Morgan fingerprint density at radius 2 is 2.00 bits per heavy atom. The second-order valence-corrected chi connectivity index (χ2v) is 3.35. The maximum Gasteiger partial charge on any atom is 0.356 e. The fourth-order valence-electron chi connectivity index (χ4n) is 1.29. The minimum absolute atomic E-state index is 0.0711. The molecule has 6 heteroatoms. The molecule has 0 saturated heterocycles. The average Bonchev–Trinajstić information content (AvgIpc) is 2.60. The van der Waals surface area contributed by atoms with E-state index < -0.39 is 5.97 Å². The molecule has 0 aliphatic carbocycles. The Balaban J connectivity index is 2.42. The van der Waals surface area contributed by atoms with Crippen LogP contribution < -0.4 is 0 Å². The molecule has 0 fully saturated rings. The van der Waals surface area contributed by atoms with E-state index in [1.54, 1.807) is 10.9 Å². The summed E-state index contributed by atoms with van der Waals surface area (Å²) in [7, 11) is 0. The summed E-state index contributed by atoms with van der Waals surface area (Å²) < 4.78 is 1.76. The first-order chi connectivity index (χ1) is 7.59. The number of hydrogen-bond donors (Lipinski definition) is 1. The highest BCUT2D eigenvalue weighted by molar-refractivity contribution is 5.84. The molecule has 0 aliphatic rings. The lowest BCUT2D eigenvalue weighted by Crippen LogP contribution is -2.05. The number of aromatic nitrogens is 4. The summed E-state index contributed by atoms with van der Waals surface area (Å²) >= 11 is 0. The van der Waals surface area contributed by atoms with Crippen LogP contribution in [0.4, 0.5) is 0 Å². The van der Waals surface area contributed by atoms with Gasteiger partial charge in [0.05, 0.1) is 18.1 Å². The van der Waals surface area contributed by atoms with E-state index in [0.29, 0.717) is 5.82 Å². The van der Waals surface area contributed by atoms with E-state index in [-0.39, 0.29) is 5.69 Å². The van der Waals surface area contributed by atoms with Gasteiger partial charge in [-0.25, -0.2) is 19.7 Å². The number of carbonyl (C=O) groups is 1. The zero-order valence-electron chi connectivity index (χ0n) is 8.88. The van der Waals surface area contributed by atoms with E-state index in [4.69, 9.17) is 5.11 Å². The molecule has 6 nitrogen and oxygen atoms in total. The SMILES string of the molecule is Cc1ncn(-c2cnc(C(=O)O)cn2)c1C. The van der Waals surface area contributed by atoms with Crippen molar-refractivity contribution >= 4 is 5.97 Å². The van der Waals surface area contributed by atoms with Gasteiger partial charge in [-0.15, -0.1) is 0 Å². The fourth-order valence-corrected chi connectivity index (χ4v) is 1.29. The van der Waals surface area contributed by atoms with Crippen molar-refractivity contribution in [1.82, 2.24) is 19.5 Å². The summed E-state index contributed by atoms with van der Waals surface area (Å²) in [6, 6.07) is 0. The number of rotatable bonds is 2. The molecule has 0 atom stereocenters. The first kappa shape index (κ1) is 10.3. The third-order valence-corrected chi connectivity index (χ3v) is 2.36. The zero-order chi connectivity index (χ0) is 11.7. The quantitative estimate of drug-likeness (QED) is 0.812. The number of aryl methyl sites for hydroxylation is 1. The molecule has 1 N–H and O–H groups in total. The second kappa shape index (κ2) is 3.73. The first-order valence-electron chi connectivity index (χ1n) is 4.66. The van der Waals surface area contributed by atoms with Crippen molar-refractivity contribution < 1.29 is 9.90 Å². The van der Waals surface area contributed by atoms with Crippen LogP contribution in [0.15, 0.2) is 18.7 Å². The molecule has 0 bridgehead atoms. The summed E-state index contributed by atoms with van der Waals surface area (Å²) in [6.45, 7) is 3.81. The minimum Gasteiger partial charge on any atom is -0.476 e. The highest BCUT2D eigenvalue weighted by atomic mass is 16.4. The summed E-state index contributed by atoms with van der Waals surface area (Å²) in [6.07, 6.45) is 4.28. The monoisotopic (exact) mass is 218 g/mol.